The normalized spacial score (nSPS) is 19.1. The maximum Gasteiger partial charge on any atom is 0.0489 e. The predicted octanol–water partition coefficient (Wildman–Crippen LogP) is 2.46. The minimum absolute atomic E-state index is 0.272. The van der Waals surface area contributed by atoms with Crippen LogP contribution in [0.2, 0.25) is 0 Å². The molecule has 1 aliphatic rings. The quantitative estimate of drug-likeness (QED) is 0.871. The van der Waals surface area contributed by atoms with Crippen molar-refractivity contribution in [3.05, 3.63) is 28.2 Å². The maximum absolute atomic E-state index is 12.2. The van der Waals surface area contributed by atoms with Crippen molar-refractivity contribution in [3.8, 4) is 0 Å². The fourth-order valence-corrected chi connectivity index (χ4v) is 3.61. The SMILES string of the molecule is Nc1cc(CS(=O)C2CCOCC2)ccc1Br. The molecule has 1 heterocycles. The van der Waals surface area contributed by atoms with Crippen LogP contribution in [0.15, 0.2) is 22.7 Å². The van der Waals surface area contributed by atoms with Crippen LogP contribution < -0.4 is 5.73 Å². The zero-order valence-corrected chi connectivity index (χ0v) is 11.9. The summed E-state index contributed by atoms with van der Waals surface area (Å²) in [6, 6.07) is 5.77. The molecule has 0 bridgehead atoms. The molecule has 1 saturated heterocycles. The van der Waals surface area contributed by atoms with Crippen molar-refractivity contribution < 1.29 is 8.95 Å². The van der Waals surface area contributed by atoms with Crippen molar-refractivity contribution in [2.45, 2.75) is 23.8 Å². The Bertz CT molecular complexity index is 419. The second kappa shape index (κ2) is 5.98. The van der Waals surface area contributed by atoms with Gasteiger partial charge in [-0.3, -0.25) is 4.21 Å². The highest BCUT2D eigenvalue weighted by atomic mass is 79.9. The van der Waals surface area contributed by atoms with Crippen LogP contribution in [0.5, 0.6) is 0 Å². The van der Waals surface area contributed by atoms with Gasteiger partial charge in [0.15, 0.2) is 0 Å². The van der Waals surface area contributed by atoms with Gasteiger partial charge in [0.05, 0.1) is 0 Å². The summed E-state index contributed by atoms with van der Waals surface area (Å²) in [6.07, 6.45) is 1.80. The highest BCUT2D eigenvalue weighted by molar-refractivity contribution is 9.10. The first-order valence-corrected chi connectivity index (χ1v) is 7.83. The van der Waals surface area contributed by atoms with Gasteiger partial charge in [0.25, 0.3) is 0 Å². The summed E-state index contributed by atoms with van der Waals surface area (Å²) in [5.74, 6) is 0.585. The van der Waals surface area contributed by atoms with E-state index in [2.05, 4.69) is 15.9 Å². The van der Waals surface area contributed by atoms with E-state index in [1.807, 2.05) is 18.2 Å². The second-order valence-electron chi connectivity index (χ2n) is 4.19. The first-order valence-electron chi connectivity index (χ1n) is 5.65. The molecule has 1 unspecified atom stereocenters. The van der Waals surface area contributed by atoms with Crippen molar-refractivity contribution >= 4 is 32.4 Å². The van der Waals surface area contributed by atoms with Crippen molar-refractivity contribution in [3.63, 3.8) is 0 Å². The van der Waals surface area contributed by atoms with E-state index >= 15 is 0 Å². The summed E-state index contributed by atoms with van der Waals surface area (Å²) in [7, 11) is -0.823. The summed E-state index contributed by atoms with van der Waals surface area (Å²) >= 11 is 3.35. The van der Waals surface area contributed by atoms with Crippen LogP contribution in [-0.4, -0.2) is 22.7 Å². The predicted molar refractivity (Wildman–Crippen MR) is 74.2 cm³/mol. The molecule has 1 aromatic rings. The molecule has 0 spiro atoms. The molecule has 3 nitrogen and oxygen atoms in total. The molecule has 17 heavy (non-hydrogen) atoms. The number of hydrogen-bond donors (Lipinski definition) is 1. The Kier molecular flexibility index (Phi) is 4.59. The smallest absolute Gasteiger partial charge is 0.0489 e. The average molecular weight is 318 g/mol. The lowest BCUT2D eigenvalue weighted by Gasteiger charge is -2.21. The van der Waals surface area contributed by atoms with Crippen LogP contribution in [-0.2, 0) is 21.3 Å². The van der Waals surface area contributed by atoms with Gasteiger partial charge < -0.3 is 10.5 Å². The van der Waals surface area contributed by atoms with Gasteiger partial charge in [-0.25, -0.2) is 0 Å². The lowest BCUT2D eigenvalue weighted by atomic mass is 10.2. The minimum Gasteiger partial charge on any atom is -0.398 e. The van der Waals surface area contributed by atoms with E-state index in [1.54, 1.807) is 0 Å². The highest BCUT2D eigenvalue weighted by Crippen LogP contribution is 2.22. The van der Waals surface area contributed by atoms with Gasteiger partial charge in [-0.2, -0.15) is 0 Å². The molecule has 5 heteroatoms. The number of nitrogens with two attached hydrogens (primary N) is 1. The van der Waals surface area contributed by atoms with Crippen LogP contribution in [0.4, 0.5) is 5.69 Å². The topological polar surface area (TPSA) is 52.3 Å². The third-order valence-electron chi connectivity index (χ3n) is 2.91. The Labute approximate surface area is 112 Å². The number of benzene rings is 1. The molecule has 1 aromatic carbocycles. The second-order valence-corrected chi connectivity index (χ2v) is 6.76. The molecular weight excluding hydrogens is 302 g/mol. The van der Waals surface area contributed by atoms with Gasteiger partial charge in [-0.1, -0.05) is 6.07 Å². The molecule has 1 aliphatic heterocycles. The first-order chi connectivity index (χ1) is 8.16. The van der Waals surface area contributed by atoms with Crippen molar-refractivity contribution in [1.29, 1.82) is 0 Å². The summed E-state index contributed by atoms with van der Waals surface area (Å²) in [4.78, 5) is 0. The molecule has 0 saturated carbocycles. The van der Waals surface area contributed by atoms with E-state index in [-0.39, 0.29) is 5.25 Å². The van der Waals surface area contributed by atoms with Crippen LogP contribution in [0.1, 0.15) is 18.4 Å². The van der Waals surface area contributed by atoms with E-state index in [0.717, 1.165) is 36.1 Å². The number of halogens is 1. The average Bonchev–Trinajstić information content (AvgIpc) is 2.35. The molecular formula is C12H16BrNO2S. The number of hydrogen-bond acceptors (Lipinski definition) is 3. The molecule has 0 amide bonds. The van der Waals surface area contributed by atoms with E-state index in [1.165, 1.54) is 0 Å². The minimum atomic E-state index is -0.823. The van der Waals surface area contributed by atoms with Gasteiger partial charge in [0.1, 0.15) is 0 Å². The lowest BCUT2D eigenvalue weighted by Crippen LogP contribution is -2.25. The van der Waals surface area contributed by atoms with Crippen molar-refractivity contribution in [2.75, 3.05) is 18.9 Å². The fraction of sp³-hybridized carbons (Fsp3) is 0.500. The maximum atomic E-state index is 12.2. The molecule has 94 valence electrons. The summed E-state index contributed by atoms with van der Waals surface area (Å²) in [6.45, 7) is 1.47. The van der Waals surface area contributed by atoms with Gasteiger partial charge in [-0.15, -0.1) is 0 Å². The number of ether oxygens (including phenoxy) is 1. The van der Waals surface area contributed by atoms with Crippen molar-refractivity contribution in [1.82, 2.24) is 0 Å². The molecule has 1 atom stereocenters. The number of nitrogen functional groups attached to an aromatic ring is 1. The third kappa shape index (κ3) is 3.53. The van der Waals surface area contributed by atoms with Crippen LogP contribution in [0, 0.1) is 0 Å². The molecule has 2 N–H and O–H groups in total. The lowest BCUT2D eigenvalue weighted by molar-refractivity contribution is 0.0992. The monoisotopic (exact) mass is 317 g/mol. The Balaban J connectivity index is 1.99. The summed E-state index contributed by atoms with van der Waals surface area (Å²) in [5.41, 5.74) is 7.55. The molecule has 0 radical (unpaired) electrons. The fourth-order valence-electron chi connectivity index (χ4n) is 1.90. The number of anilines is 1. The van der Waals surface area contributed by atoms with Crippen LogP contribution >= 0.6 is 15.9 Å². The Morgan fingerprint density at radius 3 is 2.76 bits per heavy atom. The Morgan fingerprint density at radius 2 is 2.12 bits per heavy atom. The van der Waals surface area contributed by atoms with Gasteiger partial charge in [0, 0.05) is 45.2 Å². The molecule has 1 fully saturated rings. The summed E-state index contributed by atoms with van der Waals surface area (Å²) in [5, 5.41) is 0.272. The van der Waals surface area contributed by atoms with Crippen LogP contribution in [0.3, 0.4) is 0 Å². The number of rotatable bonds is 3. The summed E-state index contributed by atoms with van der Waals surface area (Å²) < 4.78 is 18.3. The van der Waals surface area contributed by atoms with E-state index in [9.17, 15) is 4.21 Å². The van der Waals surface area contributed by atoms with Gasteiger partial charge in [0.2, 0.25) is 0 Å². The standard InChI is InChI=1S/C12H16BrNO2S/c13-11-2-1-9(7-12(11)14)8-17(15)10-3-5-16-6-4-10/h1-2,7,10H,3-6,8,14H2. The van der Waals surface area contributed by atoms with E-state index in [0.29, 0.717) is 11.4 Å². The zero-order valence-electron chi connectivity index (χ0n) is 9.52. The molecule has 2 rings (SSSR count). The Hall–Kier alpha value is -0.390. The van der Waals surface area contributed by atoms with Gasteiger partial charge >= 0.3 is 0 Å². The van der Waals surface area contributed by atoms with Crippen molar-refractivity contribution in [2.24, 2.45) is 0 Å². The first kappa shape index (κ1) is 13.1. The van der Waals surface area contributed by atoms with Crippen LogP contribution in [0.25, 0.3) is 0 Å². The molecule has 0 aliphatic carbocycles. The largest absolute Gasteiger partial charge is 0.398 e. The zero-order chi connectivity index (χ0) is 12.3. The van der Waals surface area contributed by atoms with E-state index in [4.69, 9.17) is 10.5 Å². The Morgan fingerprint density at radius 1 is 1.41 bits per heavy atom. The van der Waals surface area contributed by atoms with E-state index < -0.39 is 10.8 Å². The molecule has 0 aromatic heterocycles. The third-order valence-corrected chi connectivity index (χ3v) is 5.46. The van der Waals surface area contributed by atoms with Gasteiger partial charge in [-0.05, 0) is 46.5 Å². The highest BCUT2D eigenvalue weighted by Gasteiger charge is 2.20.